The lowest BCUT2D eigenvalue weighted by Crippen LogP contribution is -2.24. The van der Waals surface area contributed by atoms with Gasteiger partial charge in [0.05, 0.1) is 0 Å². The molecule has 0 amide bonds. The average molecular weight is 288 g/mol. The Hall–Kier alpha value is -1.63. The number of rotatable bonds is 8. The second-order valence-corrected chi connectivity index (χ2v) is 5.09. The molecule has 0 aromatic carbocycles. The topological polar surface area (TPSA) is 105 Å². The van der Waals surface area contributed by atoms with Gasteiger partial charge >= 0.3 is 11.9 Å². The number of nitrogens with two attached hydrogens (primary N) is 2. The van der Waals surface area contributed by atoms with Gasteiger partial charge in [-0.1, -0.05) is 13.2 Å². The lowest BCUT2D eigenvalue weighted by molar-refractivity contribution is -0.143. The van der Waals surface area contributed by atoms with Crippen LogP contribution < -0.4 is 11.5 Å². The van der Waals surface area contributed by atoms with Gasteiger partial charge in [0.15, 0.2) is 0 Å². The highest BCUT2D eigenvalue weighted by atomic mass is 32.2. The van der Waals surface area contributed by atoms with Crippen LogP contribution in [0.5, 0.6) is 0 Å². The monoisotopic (exact) mass is 288 g/mol. The molecule has 0 aliphatic carbocycles. The lowest BCUT2D eigenvalue weighted by atomic mass is 10.4. The number of esters is 2. The van der Waals surface area contributed by atoms with Crippen molar-refractivity contribution in [3.05, 3.63) is 24.6 Å². The fourth-order valence-electron chi connectivity index (χ4n) is 0.985. The van der Waals surface area contributed by atoms with Gasteiger partial charge in [0, 0.05) is 11.5 Å². The van der Waals surface area contributed by atoms with Crippen LogP contribution in [0, 0.1) is 0 Å². The van der Waals surface area contributed by atoms with Crippen LogP contribution in [0.25, 0.3) is 0 Å². The van der Waals surface area contributed by atoms with Gasteiger partial charge in [-0.2, -0.15) is 11.8 Å². The van der Waals surface area contributed by atoms with Crippen LogP contribution >= 0.6 is 11.8 Å². The van der Waals surface area contributed by atoms with E-state index in [9.17, 15) is 9.59 Å². The number of hydrogen-bond acceptors (Lipinski definition) is 7. The number of thioether (sulfide) groups is 1. The Morgan fingerprint density at radius 2 is 1.32 bits per heavy atom. The van der Waals surface area contributed by atoms with E-state index in [0.29, 0.717) is 11.5 Å². The van der Waals surface area contributed by atoms with Crippen LogP contribution in [0.15, 0.2) is 24.6 Å². The van der Waals surface area contributed by atoms with Crippen molar-refractivity contribution in [2.45, 2.75) is 26.1 Å². The molecule has 0 fully saturated rings. The van der Waals surface area contributed by atoms with E-state index < -0.39 is 11.9 Å². The van der Waals surface area contributed by atoms with Gasteiger partial charge in [-0.15, -0.1) is 0 Å². The standard InChI is InChI=1S/C12H20N2O4S/c1-7(17-11(15)9(3)13)5-19-6-8(2)18-12(16)10(4)14/h7-8H,3-6,13-14H2,1-2H3. The van der Waals surface area contributed by atoms with E-state index in [0.717, 1.165) is 0 Å². The van der Waals surface area contributed by atoms with Gasteiger partial charge in [-0.25, -0.2) is 9.59 Å². The minimum absolute atomic E-state index is 0.124. The van der Waals surface area contributed by atoms with Crippen LogP contribution in [-0.4, -0.2) is 35.7 Å². The van der Waals surface area contributed by atoms with Crippen molar-refractivity contribution in [1.29, 1.82) is 0 Å². The highest BCUT2D eigenvalue weighted by Crippen LogP contribution is 2.10. The van der Waals surface area contributed by atoms with E-state index in [2.05, 4.69) is 13.2 Å². The van der Waals surface area contributed by atoms with E-state index in [4.69, 9.17) is 20.9 Å². The zero-order valence-corrected chi connectivity index (χ0v) is 12.0. The maximum Gasteiger partial charge on any atom is 0.353 e. The van der Waals surface area contributed by atoms with Crippen molar-refractivity contribution in [2.24, 2.45) is 11.5 Å². The van der Waals surface area contributed by atoms with Gasteiger partial charge in [-0.05, 0) is 13.8 Å². The highest BCUT2D eigenvalue weighted by Gasteiger charge is 2.13. The first kappa shape index (κ1) is 17.4. The molecule has 19 heavy (non-hydrogen) atoms. The van der Waals surface area contributed by atoms with E-state index in [1.807, 2.05) is 0 Å². The Morgan fingerprint density at radius 1 is 1.00 bits per heavy atom. The van der Waals surface area contributed by atoms with Crippen molar-refractivity contribution >= 4 is 23.7 Å². The van der Waals surface area contributed by atoms with Crippen LogP contribution in [0.1, 0.15) is 13.8 Å². The normalized spacial score (nSPS) is 13.2. The Morgan fingerprint density at radius 3 is 1.58 bits per heavy atom. The predicted molar refractivity (Wildman–Crippen MR) is 75.1 cm³/mol. The molecule has 0 saturated carbocycles. The zero-order valence-electron chi connectivity index (χ0n) is 11.2. The maximum absolute atomic E-state index is 11.1. The van der Waals surface area contributed by atoms with Crippen molar-refractivity contribution < 1.29 is 19.1 Å². The first-order chi connectivity index (χ1) is 8.73. The summed E-state index contributed by atoms with van der Waals surface area (Å²) in [5.41, 5.74) is 10.1. The van der Waals surface area contributed by atoms with Gasteiger partial charge in [0.2, 0.25) is 0 Å². The second kappa shape index (κ2) is 8.47. The van der Waals surface area contributed by atoms with Crippen molar-refractivity contribution in [3.63, 3.8) is 0 Å². The molecule has 0 spiro atoms. The lowest BCUT2D eigenvalue weighted by Gasteiger charge is -2.15. The summed E-state index contributed by atoms with van der Waals surface area (Å²) in [5.74, 6) is -0.117. The van der Waals surface area contributed by atoms with Crippen molar-refractivity contribution in [2.75, 3.05) is 11.5 Å². The first-order valence-corrected chi connectivity index (χ1v) is 6.78. The van der Waals surface area contributed by atoms with Gasteiger partial charge in [-0.3, -0.25) is 0 Å². The predicted octanol–water partition coefficient (Wildman–Crippen LogP) is 0.528. The summed E-state index contributed by atoms with van der Waals surface area (Å²) in [6.07, 6.45) is -0.602. The molecular weight excluding hydrogens is 268 g/mol. The second-order valence-electron chi connectivity index (χ2n) is 4.02. The minimum Gasteiger partial charge on any atom is -0.457 e. The number of carbonyl (C=O) groups is 2. The largest absolute Gasteiger partial charge is 0.457 e. The average Bonchev–Trinajstić information content (AvgIpc) is 2.28. The minimum atomic E-state index is -0.619. The van der Waals surface area contributed by atoms with Crippen LogP contribution in [0.4, 0.5) is 0 Å². The molecule has 2 atom stereocenters. The van der Waals surface area contributed by atoms with Crippen LogP contribution in [-0.2, 0) is 19.1 Å². The molecule has 0 rings (SSSR count). The quantitative estimate of drug-likeness (QED) is 0.495. The third-order valence-corrected chi connectivity index (χ3v) is 3.26. The summed E-state index contributed by atoms with van der Waals surface area (Å²) in [5, 5.41) is 0. The number of carbonyl (C=O) groups excluding carboxylic acids is 2. The number of ether oxygens (including phenoxy) is 2. The Bertz CT molecular complexity index is 337. The van der Waals surface area contributed by atoms with E-state index in [1.165, 1.54) is 11.8 Å². The van der Waals surface area contributed by atoms with E-state index >= 15 is 0 Å². The fraction of sp³-hybridized carbons (Fsp3) is 0.500. The summed E-state index contributed by atoms with van der Waals surface area (Å²) in [7, 11) is 0. The molecule has 4 N–H and O–H groups in total. The molecule has 0 aliphatic heterocycles. The molecule has 0 aliphatic rings. The van der Waals surface area contributed by atoms with Crippen LogP contribution in [0.2, 0.25) is 0 Å². The van der Waals surface area contributed by atoms with Crippen molar-refractivity contribution in [1.82, 2.24) is 0 Å². The first-order valence-electron chi connectivity index (χ1n) is 5.62. The molecule has 2 unspecified atom stereocenters. The van der Waals surface area contributed by atoms with Gasteiger partial charge in [0.25, 0.3) is 0 Å². The Labute approximate surface area is 117 Å². The Balaban J connectivity index is 3.84. The summed E-state index contributed by atoms with van der Waals surface area (Å²) >= 11 is 1.48. The molecule has 0 bridgehead atoms. The summed E-state index contributed by atoms with van der Waals surface area (Å²) in [4.78, 5) is 22.2. The molecule has 0 radical (unpaired) electrons. The van der Waals surface area contributed by atoms with Gasteiger partial charge in [0.1, 0.15) is 23.6 Å². The highest BCUT2D eigenvalue weighted by molar-refractivity contribution is 7.99. The summed E-state index contributed by atoms with van der Waals surface area (Å²) in [6.45, 7) is 10.1. The molecule has 108 valence electrons. The third kappa shape index (κ3) is 8.15. The SMILES string of the molecule is C=C(N)C(=O)OC(C)CSCC(C)OC(=O)C(=C)N. The molecule has 0 aromatic heterocycles. The van der Waals surface area contributed by atoms with Gasteiger partial charge < -0.3 is 20.9 Å². The maximum atomic E-state index is 11.1. The summed E-state index contributed by atoms with van der Waals surface area (Å²) in [6, 6.07) is 0. The summed E-state index contributed by atoms with van der Waals surface area (Å²) < 4.78 is 9.97. The molecule has 6 nitrogen and oxygen atoms in total. The molecule has 7 heteroatoms. The molecular formula is C12H20N2O4S. The Kier molecular flexibility index (Phi) is 7.74. The van der Waals surface area contributed by atoms with E-state index in [-0.39, 0.29) is 23.6 Å². The fourth-order valence-corrected chi connectivity index (χ4v) is 1.92. The molecule has 0 aromatic rings. The third-order valence-electron chi connectivity index (χ3n) is 1.85. The van der Waals surface area contributed by atoms with Crippen LogP contribution in [0.3, 0.4) is 0 Å². The van der Waals surface area contributed by atoms with Crippen molar-refractivity contribution in [3.8, 4) is 0 Å². The molecule has 0 saturated heterocycles. The molecule has 0 heterocycles. The smallest absolute Gasteiger partial charge is 0.353 e. The van der Waals surface area contributed by atoms with E-state index in [1.54, 1.807) is 13.8 Å². The number of hydrogen-bond donors (Lipinski definition) is 2. The zero-order chi connectivity index (χ0) is 15.0.